The van der Waals surface area contributed by atoms with Crippen molar-refractivity contribution in [1.82, 2.24) is 4.90 Å². The van der Waals surface area contributed by atoms with Crippen LogP contribution in [0.3, 0.4) is 0 Å². The van der Waals surface area contributed by atoms with Crippen LogP contribution in [0.25, 0.3) is 0 Å². The van der Waals surface area contributed by atoms with Crippen LogP contribution in [0.4, 0.5) is 0 Å². The first-order valence-electron chi connectivity index (χ1n) is 7.71. The maximum atomic E-state index is 12.0. The zero-order valence-electron chi connectivity index (χ0n) is 11.4. The SMILES string of the molecule is O=C(CCCC1CCCCC1)N1CCCC(O)C1. The third kappa shape index (κ3) is 4.27. The van der Waals surface area contributed by atoms with E-state index in [1.54, 1.807) is 0 Å². The number of nitrogens with zero attached hydrogens (tertiary/aromatic N) is 1. The molecule has 1 aliphatic heterocycles. The third-order valence-corrected chi connectivity index (χ3v) is 4.48. The van der Waals surface area contributed by atoms with Crippen LogP contribution in [0.1, 0.15) is 64.2 Å². The van der Waals surface area contributed by atoms with E-state index in [1.165, 1.54) is 38.5 Å². The molecule has 104 valence electrons. The van der Waals surface area contributed by atoms with Crippen LogP contribution in [-0.2, 0) is 4.79 Å². The maximum absolute atomic E-state index is 12.0. The van der Waals surface area contributed by atoms with Crippen LogP contribution < -0.4 is 0 Å². The lowest BCUT2D eigenvalue weighted by Crippen LogP contribution is -2.42. The molecule has 1 heterocycles. The molecule has 2 rings (SSSR count). The molecule has 3 heteroatoms. The van der Waals surface area contributed by atoms with Gasteiger partial charge in [-0.15, -0.1) is 0 Å². The van der Waals surface area contributed by atoms with Crippen LogP contribution in [0.15, 0.2) is 0 Å². The highest BCUT2D eigenvalue weighted by molar-refractivity contribution is 5.76. The van der Waals surface area contributed by atoms with E-state index in [-0.39, 0.29) is 12.0 Å². The molecular weight excluding hydrogens is 226 g/mol. The van der Waals surface area contributed by atoms with Crippen LogP contribution in [0, 0.1) is 5.92 Å². The molecule has 3 nitrogen and oxygen atoms in total. The molecular formula is C15H27NO2. The molecule has 1 unspecified atom stereocenters. The lowest BCUT2D eigenvalue weighted by molar-refractivity contribution is -0.134. The fourth-order valence-corrected chi connectivity index (χ4v) is 3.36. The molecule has 1 N–H and O–H groups in total. The van der Waals surface area contributed by atoms with E-state index >= 15 is 0 Å². The van der Waals surface area contributed by atoms with E-state index in [1.807, 2.05) is 4.90 Å². The number of β-amino-alcohol motifs (C(OH)–C–C–N with tert-alkyl or cyclic N) is 1. The minimum absolute atomic E-state index is 0.254. The Morgan fingerprint density at radius 2 is 1.89 bits per heavy atom. The van der Waals surface area contributed by atoms with E-state index < -0.39 is 0 Å². The molecule has 0 aromatic carbocycles. The van der Waals surface area contributed by atoms with Crippen molar-refractivity contribution < 1.29 is 9.90 Å². The van der Waals surface area contributed by atoms with Gasteiger partial charge in [-0.05, 0) is 31.6 Å². The van der Waals surface area contributed by atoms with Crippen LogP contribution in [-0.4, -0.2) is 35.1 Å². The summed E-state index contributed by atoms with van der Waals surface area (Å²) in [7, 11) is 0. The predicted molar refractivity (Wildman–Crippen MR) is 72.2 cm³/mol. The first-order chi connectivity index (χ1) is 8.75. The van der Waals surface area contributed by atoms with E-state index in [0.29, 0.717) is 13.0 Å². The smallest absolute Gasteiger partial charge is 0.222 e. The summed E-state index contributed by atoms with van der Waals surface area (Å²) in [6, 6.07) is 0. The Hall–Kier alpha value is -0.570. The van der Waals surface area contributed by atoms with Crippen molar-refractivity contribution in [3.8, 4) is 0 Å². The number of hydrogen-bond donors (Lipinski definition) is 1. The quantitative estimate of drug-likeness (QED) is 0.837. The van der Waals surface area contributed by atoms with Gasteiger partial charge in [-0.25, -0.2) is 0 Å². The van der Waals surface area contributed by atoms with Gasteiger partial charge >= 0.3 is 0 Å². The van der Waals surface area contributed by atoms with E-state index in [2.05, 4.69) is 0 Å². The molecule has 2 aliphatic rings. The van der Waals surface area contributed by atoms with Gasteiger partial charge < -0.3 is 10.0 Å². The van der Waals surface area contributed by atoms with Gasteiger partial charge in [0.05, 0.1) is 6.10 Å². The Morgan fingerprint density at radius 1 is 1.11 bits per heavy atom. The zero-order valence-corrected chi connectivity index (χ0v) is 11.4. The van der Waals surface area contributed by atoms with E-state index in [0.717, 1.165) is 31.7 Å². The van der Waals surface area contributed by atoms with Gasteiger partial charge in [0.25, 0.3) is 0 Å². The number of aliphatic hydroxyl groups is 1. The van der Waals surface area contributed by atoms with Gasteiger partial charge in [-0.2, -0.15) is 0 Å². The van der Waals surface area contributed by atoms with Crippen LogP contribution in [0.5, 0.6) is 0 Å². The topological polar surface area (TPSA) is 40.5 Å². The van der Waals surface area contributed by atoms with Gasteiger partial charge in [0, 0.05) is 19.5 Å². The number of carbonyl (C=O) groups excluding carboxylic acids is 1. The number of amides is 1. The number of piperidine rings is 1. The van der Waals surface area contributed by atoms with Crippen LogP contribution in [0.2, 0.25) is 0 Å². The second kappa shape index (κ2) is 7.13. The summed E-state index contributed by atoms with van der Waals surface area (Å²) in [4.78, 5) is 13.9. The van der Waals surface area contributed by atoms with Crippen molar-refractivity contribution in [2.24, 2.45) is 5.92 Å². The van der Waals surface area contributed by atoms with Crippen molar-refractivity contribution in [2.75, 3.05) is 13.1 Å². The molecule has 1 saturated heterocycles. The monoisotopic (exact) mass is 253 g/mol. The number of likely N-dealkylation sites (tertiary alicyclic amines) is 1. The van der Waals surface area contributed by atoms with Crippen molar-refractivity contribution in [3.05, 3.63) is 0 Å². The Balaban J connectivity index is 1.61. The second-order valence-corrected chi connectivity index (χ2v) is 6.03. The summed E-state index contributed by atoms with van der Waals surface area (Å²) in [5.41, 5.74) is 0. The highest BCUT2D eigenvalue weighted by atomic mass is 16.3. The summed E-state index contributed by atoms with van der Waals surface area (Å²) >= 11 is 0. The Labute approximate surface area is 111 Å². The first-order valence-corrected chi connectivity index (χ1v) is 7.71. The van der Waals surface area contributed by atoms with E-state index in [4.69, 9.17) is 0 Å². The van der Waals surface area contributed by atoms with E-state index in [9.17, 15) is 9.90 Å². The number of aliphatic hydroxyl groups excluding tert-OH is 1. The molecule has 0 aromatic rings. The molecule has 0 aromatic heterocycles. The van der Waals surface area contributed by atoms with Crippen LogP contribution >= 0.6 is 0 Å². The summed E-state index contributed by atoms with van der Waals surface area (Å²) in [5, 5.41) is 9.56. The summed E-state index contributed by atoms with van der Waals surface area (Å²) in [5.74, 6) is 1.13. The molecule has 0 radical (unpaired) electrons. The average molecular weight is 253 g/mol. The lowest BCUT2D eigenvalue weighted by Gasteiger charge is -2.30. The van der Waals surface area contributed by atoms with Crippen molar-refractivity contribution in [3.63, 3.8) is 0 Å². The van der Waals surface area contributed by atoms with Gasteiger partial charge in [-0.3, -0.25) is 4.79 Å². The Kier molecular flexibility index (Phi) is 5.48. The highest BCUT2D eigenvalue weighted by Gasteiger charge is 2.22. The fourth-order valence-electron chi connectivity index (χ4n) is 3.36. The standard InChI is InChI=1S/C15H27NO2/c17-14-9-5-11-16(12-14)15(18)10-4-8-13-6-2-1-3-7-13/h13-14,17H,1-12H2. The third-order valence-electron chi connectivity index (χ3n) is 4.48. The first kappa shape index (κ1) is 13.9. The molecule has 1 atom stereocenters. The lowest BCUT2D eigenvalue weighted by atomic mass is 9.86. The molecule has 18 heavy (non-hydrogen) atoms. The van der Waals surface area contributed by atoms with Gasteiger partial charge in [-0.1, -0.05) is 32.1 Å². The Morgan fingerprint density at radius 3 is 2.61 bits per heavy atom. The number of rotatable bonds is 4. The Bertz CT molecular complexity index is 261. The largest absolute Gasteiger partial charge is 0.391 e. The minimum Gasteiger partial charge on any atom is -0.391 e. The van der Waals surface area contributed by atoms with Crippen molar-refractivity contribution in [1.29, 1.82) is 0 Å². The summed E-state index contributed by atoms with van der Waals surface area (Å²) < 4.78 is 0. The molecule has 0 bridgehead atoms. The fraction of sp³-hybridized carbons (Fsp3) is 0.933. The molecule has 1 aliphatic carbocycles. The average Bonchev–Trinajstić information content (AvgIpc) is 2.40. The number of hydrogen-bond acceptors (Lipinski definition) is 2. The summed E-state index contributed by atoms with van der Waals surface area (Å²) in [6.07, 6.45) is 11.4. The number of carbonyl (C=O) groups is 1. The zero-order chi connectivity index (χ0) is 12.8. The molecule has 1 saturated carbocycles. The van der Waals surface area contributed by atoms with Gasteiger partial charge in [0.2, 0.25) is 5.91 Å². The highest BCUT2D eigenvalue weighted by Crippen LogP contribution is 2.27. The van der Waals surface area contributed by atoms with Crippen molar-refractivity contribution in [2.45, 2.75) is 70.3 Å². The normalized spacial score (nSPS) is 26.3. The molecule has 0 spiro atoms. The summed E-state index contributed by atoms with van der Waals surface area (Å²) in [6.45, 7) is 1.40. The molecule has 1 amide bonds. The maximum Gasteiger partial charge on any atom is 0.222 e. The van der Waals surface area contributed by atoms with Gasteiger partial charge in [0.15, 0.2) is 0 Å². The molecule has 2 fully saturated rings. The minimum atomic E-state index is -0.291. The van der Waals surface area contributed by atoms with Gasteiger partial charge in [0.1, 0.15) is 0 Å². The predicted octanol–water partition coefficient (Wildman–Crippen LogP) is 2.72. The second-order valence-electron chi connectivity index (χ2n) is 6.03. The van der Waals surface area contributed by atoms with Crippen molar-refractivity contribution >= 4 is 5.91 Å².